The third-order valence-electron chi connectivity index (χ3n) is 3.86. The summed E-state index contributed by atoms with van der Waals surface area (Å²) in [4.78, 5) is 16.4. The summed E-state index contributed by atoms with van der Waals surface area (Å²) in [6.45, 7) is 3.76. The fourth-order valence-electron chi connectivity index (χ4n) is 2.60. The fourth-order valence-corrected chi connectivity index (χ4v) is 2.60. The van der Waals surface area contributed by atoms with E-state index < -0.39 is 0 Å². The highest BCUT2D eigenvalue weighted by atomic mass is 16.5. The molecule has 2 N–H and O–H groups in total. The Morgan fingerprint density at radius 3 is 2.58 bits per heavy atom. The van der Waals surface area contributed by atoms with Crippen molar-refractivity contribution in [2.75, 3.05) is 19.0 Å². The van der Waals surface area contributed by atoms with Crippen molar-refractivity contribution in [2.45, 2.75) is 13.8 Å². The average Bonchev–Trinajstić information content (AvgIpc) is 3.09. The Labute approximate surface area is 151 Å². The van der Waals surface area contributed by atoms with Gasteiger partial charge in [0.15, 0.2) is 12.4 Å². The molecule has 0 aliphatic carbocycles. The van der Waals surface area contributed by atoms with E-state index in [0.717, 1.165) is 16.7 Å². The van der Waals surface area contributed by atoms with E-state index in [4.69, 9.17) is 9.47 Å². The molecule has 0 aliphatic heterocycles. The van der Waals surface area contributed by atoms with Crippen molar-refractivity contribution in [1.29, 1.82) is 0 Å². The Hall–Kier alpha value is -3.35. The van der Waals surface area contributed by atoms with Gasteiger partial charge in [-0.3, -0.25) is 15.2 Å². The summed E-state index contributed by atoms with van der Waals surface area (Å²) in [5.41, 5.74) is 2.72. The van der Waals surface area contributed by atoms with Crippen LogP contribution in [0.25, 0.3) is 11.4 Å². The van der Waals surface area contributed by atoms with E-state index in [2.05, 4.69) is 20.5 Å². The van der Waals surface area contributed by atoms with Crippen LogP contribution in [0.15, 0.2) is 42.5 Å². The second-order valence-corrected chi connectivity index (χ2v) is 5.77. The van der Waals surface area contributed by atoms with Gasteiger partial charge in [0.2, 0.25) is 5.95 Å². The van der Waals surface area contributed by atoms with Gasteiger partial charge in [-0.25, -0.2) is 0 Å². The average molecular weight is 352 g/mol. The first-order valence-corrected chi connectivity index (χ1v) is 8.13. The van der Waals surface area contributed by atoms with Crippen molar-refractivity contribution >= 4 is 11.9 Å². The lowest BCUT2D eigenvalue weighted by Gasteiger charge is -2.11. The number of nitrogens with zero attached hydrogens (tertiary/aromatic N) is 2. The Kier molecular flexibility index (Phi) is 5.17. The van der Waals surface area contributed by atoms with E-state index >= 15 is 0 Å². The van der Waals surface area contributed by atoms with Gasteiger partial charge < -0.3 is 9.47 Å². The van der Waals surface area contributed by atoms with Crippen LogP contribution in [-0.2, 0) is 4.79 Å². The number of aromatic nitrogens is 3. The van der Waals surface area contributed by atoms with Crippen molar-refractivity contribution in [3.63, 3.8) is 0 Å². The molecule has 0 unspecified atom stereocenters. The number of carbonyl (C=O) groups is 1. The summed E-state index contributed by atoms with van der Waals surface area (Å²) in [5.74, 6) is 1.74. The van der Waals surface area contributed by atoms with Crippen LogP contribution >= 0.6 is 0 Å². The monoisotopic (exact) mass is 352 g/mol. The summed E-state index contributed by atoms with van der Waals surface area (Å²) >= 11 is 0. The Morgan fingerprint density at radius 2 is 1.85 bits per heavy atom. The number of aromatic amines is 1. The first-order valence-electron chi connectivity index (χ1n) is 8.13. The number of hydrogen-bond donors (Lipinski definition) is 2. The van der Waals surface area contributed by atoms with Gasteiger partial charge in [0.1, 0.15) is 11.5 Å². The molecule has 0 radical (unpaired) electrons. The second-order valence-electron chi connectivity index (χ2n) is 5.77. The molecule has 0 spiro atoms. The number of H-pyrrole nitrogens is 1. The van der Waals surface area contributed by atoms with Gasteiger partial charge in [-0.05, 0) is 37.1 Å². The normalized spacial score (nSPS) is 10.4. The number of carbonyl (C=O) groups excluding carboxylic acids is 1. The molecule has 134 valence electrons. The molecule has 26 heavy (non-hydrogen) atoms. The molecule has 0 bridgehead atoms. The largest absolute Gasteiger partial charge is 0.496 e. The van der Waals surface area contributed by atoms with Gasteiger partial charge >= 0.3 is 0 Å². The zero-order valence-corrected chi connectivity index (χ0v) is 14.9. The molecule has 1 aromatic heterocycles. The molecule has 1 amide bonds. The topological polar surface area (TPSA) is 89.1 Å². The number of ether oxygens (including phenoxy) is 2. The van der Waals surface area contributed by atoms with E-state index in [9.17, 15) is 4.79 Å². The minimum absolute atomic E-state index is 0.121. The van der Waals surface area contributed by atoms with Crippen LogP contribution < -0.4 is 14.8 Å². The first-order chi connectivity index (χ1) is 12.6. The number of hydrogen-bond acceptors (Lipinski definition) is 5. The van der Waals surface area contributed by atoms with Crippen molar-refractivity contribution in [3.05, 3.63) is 53.6 Å². The maximum Gasteiger partial charge on any atom is 0.264 e. The molecule has 7 heteroatoms. The number of para-hydroxylation sites is 2. The minimum Gasteiger partial charge on any atom is -0.496 e. The molecule has 0 saturated heterocycles. The molecular weight excluding hydrogens is 332 g/mol. The number of anilines is 1. The number of nitrogens with one attached hydrogen (secondary N) is 2. The lowest BCUT2D eigenvalue weighted by Crippen LogP contribution is -2.21. The van der Waals surface area contributed by atoms with Crippen LogP contribution in [0.2, 0.25) is 0 Å². The minimum atomic E-state index is -0.335. The number of benzene rings is 2. The van der Waals surface area contributed by atoms with E-state index in [1.807, 2.05) is 56.3 Å². The Balaban J connectivity index is 1.65. The number of methoxy groups -OCH3 is 1. The summed E-state index contributed by atoms with van der Waals surface area (Å²) < 4.78 is 10.9. The molecule has 1 heterocycles. The van der Waals surface area contributed by atoms with E-state index in [0.29, 0.717) is 17.3 Å². The molecule has 0 fully saturated rings. The van der Waals surface area contributed by atoms with Crippen molar-refractivity contribution < 1.29 is 14.3 Å². The highest BCUT2D eigenvalue weighted by Gasteiger charge is 2.13. The molecular formula is C19H20N4O3. The van der Waals surface area contributed by atoms with Gasteiger partial charge in [0.05, 0.1) is 12.7 Å². The van der Waals surface area contributed by atoms with Crippen molar-refractivity contribution in [2.24, 2.45) is 0 Å². The van der Waals surface area contributed by atoms with E-state index in [-0.39, 0.29) is 18.5 Å². The summed E-state index contributed by atoms with van der Waals surface area (Å²) in [6, 6.07) is 13.3. The SMILES string of the molecule is COc1ccccc1-c1nc(NC(=O)COc2c(C)cccc2C)n[nH]1. The highest BCUT2D eigenvalue weighted by molar-refractivity contribution is 5.90. The third kappa shape index (κ3) is 3.83. The predicted octanol–water partition coefficient (Wildman–Crippen LogP) is 3.11. The number of rotatable bonds is 6. The van der Waals surface area contributed by atoms with Crippen LogP contribution in [0, 0.1) is 13.8 Å². The van der Waals surface area contributed by atoms with Crippen LogP contribution in [0.3, 0.4) is 0 Å². The molecule has 0 atom stereocenters. The lowest BCUT2D eigenvalue weighted by atomic mass is 10.1. The van der Waals surface area contributed by atoms with Crippen LogP contribution in [0.1, 0.15) is 11.1 Å². The smallest absolute Gasteiger partial charge is 0.264 e. The molecule has 2 aromatic carbocycles. The zero-order valence-electron chi connectivity index (χ0n) is 14.9. The zero-order chi connectivity index (χ0) is 18.5. The predicted molar refractivity (Wildman–Crippen MR) is 98.4 cm³/mol. The van der Waals surface area contributed by atoms with Gasteiger partial charge in [0, 0.05) is 0 Å². The van der Waals surface area contributed by atoms with Gasteiger partial charge in [-0.15, -0.1) is 5.10 Å². The third-order valence-corrected chi connectivity index (χ3v) is 3.86. The molecule has 3 aromatic rings. The molecule has 3 rings (SSSR count). The summed E-state index contributed by atoms with van der Waals surface area (Å²) in [5, 5.41) is 9.44. The van der Waals surface area contributed by atoms with E-state index in [1.165, 1.54) is 0 Å². The number of aryl methyl sites for hydroxylation is 2. The quantitative estimate of drug-likeness (QED) is 0.711. The number of amides is 1. The van der Waals surface area contributed by atoms with Crippen LogP contribution in [-0.4, -0.2) is 34.8 Å². The van der Waals surface area contributed by atoms with Crippen LogP contribution in [0.5, 0.6) is 11.5 Å². The highest BCUT2D eigenvalue weighted by Crippen LogP contribution is 2.27. The maximum atomic E-state index is 12.1. The maximum absolute atomic E-state index is 12.1. The first kappa shape index (κ1) is 17.5. The van der Waals surface area contributed by atoms with Gasteiger partial charge in [0.25, 0.3) is 5.91 Å². The molecule has 0 saturated carbocycles. The van der Waals surface area contributed by atoms with Crippen LogP contribution in [0.4, 0.5) is 5.95 Å². The van der Waals surface area contributed by atoms with Gasteiger partial charge in [-0.2, -0.15) is 4.98 Å². The Morgan fingerprint density at radius 1 is 1.12 bits per heavy atom. The lowest BCUT2D eigenvalue weighted by molar-refractivity contribution is -0.118. The van der Waals surface area contributed by atoms with Crippen molar-refractivity contribution in [3.8, 4) is 22.9 Å². The summed E-state index contributed by atoms with van der Waals surface area (Å²) in [6.07, 6.45) is 0. The van der Waals surface area contributed by atoms with E-state index in [1.54, 1.807) is 7.11 Å². The molecule has 0 aliphatic rings. The van der Waals surface area contributed by atoms with Crippen molar-refractivity contribution in [1.82, 2.24) is 15.2 Å². The molecule has 7 nitrogen and oxygen atoms in total. The van der Waals surface area contributed by atoms with Gasteiger partial charge in [-0.1, -0.05) is 30.3 Å². The second kappa shape index (κ2) is 7.69. The summed E-state index contributed by atoms with van der Waals surface area (Å²) in [7, 11) is 1.59. The fraction of sp³-hybridized carbons (Fsp3) is 0.211. The standard InChI is InChI=1S/C19H20N4O3/c1-12-7-6-8-13(2)17(12)26-11-16(24)20-19-21-18(22-23-19)14-9-4-5-10-15(14)25-3/h4-10H,11H2,1-3H3,(H2,20,21,22,23,24). The Bertz CT molecular complexity index is 900.